The standard InChI is InChI=1S/C14H20BrNO3/c1-3-11(4-2)16-14(18)9-19-13-6-5-10(8-17)7-12(13)15/h5-7,11,17H,3-4,8-9H2,1-2H3,(H,16,18). The van der Waals surface area contributed by atoms with Gasteiger partial charge in [-0.1, -0.05) is 19.9 Å². The zero-order chi connectivity index (χ0) is 14.3. The molecule has 0 saturated carbocycles. The van der Waals surface area contributed by atoms with Crippen LogP contribution in [0.1, 0.15) is 32.3 Å². The number of amides is 1. The summed E-state index contributed by atoms with van der Waals surface area (Å²) in [4.78, 5) is 11.7. The van der Waals surface area contributed by atoms with Crippen LogP contribution in [-0.4, -0.2) is 23.7 Å². The van der Waals surface area contributed by atoms with E-state index in [9.17, 15) is 4.79 Å². The number of benzene rings is 1. The number of ether oxygens (including phenoxy) is 1. The molecular weight excluding hydrogens is 310 g/mol. The minimum atomic E-state index is -0.119. The SMILES string of the molecule is CCC(CC)NC(=O)COc1ccc(CO)cc1Br. The summed E-state index contributed by atoms with van der Waals surface area (Å²) in [6, 6.07) is 5.48. The first kappa shape index (κ1) is 16.0. The quantitative estimate of drug-likeness (QED) is 0.808. The van der Waals surface area contributed by atoms with Crippen molar-refractivity contribution in [3.63, 3.8) is 0 Å². The minimum Gasteiger partial charge on any atom is -0.483 e. The van der Waals surface area contributed by atoms with Crippen molar-refractivity contribution in [3.05, 3.63) is 28.2 Å². The molecule has 0 atom stereocenters. The van der Waals surface area contributed by atoms with Gasteiger partial charge in [0.15, 0.2) is 6.61 Å². The van der Waals surface area contributed by atoms with Crippen molar-refractivity contribution in [2.24, 2.45) is 0 Å². The van der Waals surface area contributed by atoms with Gasteiger partial charge in [-0.05, 0) is 46.5 Å². The number of aliphatic hydroxyl groups excluding tert-OH is 1. The van der Waals surface area contributed by atoms with Crippen molar-refractivity contribution in [1.29, 1.82) is 0 Å². The maximum atomic E-state index is 11.7. The highest BCUT2D eigenvalue weighted by atomic mass is 79.9. The number of halogens is 1. The minimum absolute atomic E-state index is 0.00638. The molecule has 0 bridgehead atoms. The lowest BCUT2D eigenvalue weighted by molar-refractivity contribution is -0.123. The molecular formula is C14H20BrNO3. The smallest absolute Gasteiger partial charge is 0.258 e. The van der Waals surface area contributed by atoms with Gasteiger partial charge in [0.25, 0.3) is 5.91 Å². The van der Waals surface area contributed by atoms with Crippen LogP contribution >= 0.6 is 15.9 Å². The molecule has 4 nitrogen and oxygen atoms in total. The zero-order valence-corrected chi connectivity index (χ0v) is 12.9. The van der Waals surface area contributed by atoms with Crippen LogP contribution in [0.2, 0.25) is 0 Å². The van der Waals surface area contributed by atoms with Gasteiger partial charge >= 0.3 is 0 Å². The summed E-state index contributed by atoms with van der Waals surface area (Å²) in [5, 5.41) is 11.9. The molecule has 0 aliphatic rings. The largest absolute Gasteiger partial charge is 0.483 e. The maximum Gasteiger partial charge on any atom is 0.258 e. The molecule has 2 N–H and O–H groups in total. The maximum absolute atomic E-state index is 11.7. The Morgan fingerprint density at radius 1 is 1.42 bits per heavy atom. The van der Waals surface area contributed by atoms with Gasteiger partial charge in [0.05, 0.1) is 11.1 Å². The Balaban J connectivity index is 2.50. The lowest BCUT2D eigenvalue weighted by Crippen LogP contribution is -2.37. The zero-order valence-electron chi connectivity index (χ0n) is 11.3. The number of aliphatic hydroxyl groups is 1. The van der Waals surface area contributed by atoms with Crippen LogP contribution < -0.4 is 10.1 Å². The number of nitrogens with one attached hydrogen (secondary N) is 1. The fourth-order valence-corrected chi connectivity index (χ4v) is 2.21. The van der Waals surface area contributed by atoms with Crippen molar-refractivity contribution >= 4 is 21.8 Å². The monoisotopic (exact) mass is 329 g/mol. The van der Waals surface area contributed by atoms with E-state index in [-0.39, 0.29) is 25.2 Å². The van der Waals surface area contributed by atoms with Gasteiger partial charge in [-0.2, -0.15) is 0 Å². The van der Waals surface area contributed by atoms with Crippen LogP contribution in [-0.2, 0) is 11.4 Å². The second-order valence-electron chi connectivity index (χ2n) is 4.29. The first-order valence-electron chi connectivity index (χ1n) is 6.42. The summed E-state index contributed by atoms with van der Waals surface area (Å²) in [7, 11) is 0. The first-order chi connectivity index (χ1) is 9.10. The average Bonchev–Trinajstić information content (AvgIpc) is 2.43. The molecule has 19 heavy (non-hydrogen) atoms. The van der Waals surface area contributed by atoms with E-state index in [0.29, 0.717) is 5.75 Å². The van der Waals surface area contributed by atoms with Gasteiger partial charge in [-0.15, -0.1) is 0 Å². The predicted octanol–water partition coefficient (Wildman–Crippen LogP) is 2.63. The normalized spacial score (nSPS) is 10.6. The highest BCUT2D eigenvalue weighted by Crippen LogP contribution is 2.25. The van der Waals surface area contributed by atoms with Gasteiger partial charge in [-0.25, -0.2) is 0 Å². The Morgan fingerprint density at radius 2 is 2.11 bits per heavy atom. The topological polar surface area (TPSA) is 58.6 Å². The summed E-state index contributed by atoms with van der Waals surface area (Å²) in [6.07, 6.45) is 1.83. The summed E-state index contributed by atoms with van der Waals surface area (Å²) in [5.74, 6) is 0.476. The van der Waals surface area contributed by atoms with E-state index >= 15 is 0 Å². The molecule has 0 unspecified atom stereocenters. The van der Waals surface area contributed by atoms with E-state index in [1.807, 2.05) is 13.8 Å². The van der Waals surface area contributed by atoms with E-state index in [0.717, 1.165) is 22.9 Å². The Bertz CT molecular complexity index is 419. The van der Waals surface area contributed by atoms with E-state index in [4.69, 9.17) is 9.84 Å². The fourth-order valence-electron chi connectivity index (χ4n) is 1.67. The van der Waals surface area contributed by atoms with Crippen LogP contribution in [0.5, 0.6) is 5.75 Å². The molecule has 0 aliphatic heterocycles. The molecule has 0 heterocycles. The van der Waals surface area contributed by atoms with Crippen molar-refractivity contribution < 1.29 is 14.6 Å². The lowest BCUT2D eigenvalue weighted by atomic mass is 10.2. The van der Waals surface area contributed by atoms with Gasteiger partial charge in [0.1, 0.15) is 5.75 Å². The molecule has 0 spiro atoms. The average molecular weight is 330 g/mol. The summed E-state index contributed by atoms with van der Waals surface area (Å²) >= 11 is 3.35. The molecule has 0 fully saturated rings. The van der Waals surface area contributed by atoms with Crippen molar-refractivity contribution in [2.75, 3.05) is 6.61 Å². The summed E-state index contributed by atoms with van der Waals surface area (Å²) < 4.78 is 6.18. The van der Waals surface area contributed by atoms with Crippen LogP contribution in [0.3, 0.4) is 0 Å². The molecule has 1 aromatic rings. The summed E-state index contributed by atoms with van der Waals surface area (Å²) in [5.41, 5.74) is 0.792. The molecule has 1 aromatic carbocycles. The van der Waals surface area contributed by atoms with E-state index in [2.05, 4.69) is 21.2 Å². The lowest BCUT2D eigenvalue weighted by Gasteiger charge is -2.15. The van der Waals surface area contributed by atoms with Crippen LogP contribution in [0.4, 0.5) is 0 Å². The number of rotatable bonds is 7. The van der Waals surface area contributed by atoms with Crippen molar-refractivity contribution in [1.82, 2.24) is 5.32 Å². The van der Waals surface area contributed by atoms with Crippen LogP contribution in [0.25, 0.3) is 0 Å². The molecule has 1 rings (SSSR count). The molecule has 0 radical (unpaired) electrons. The summed E-state index contributed by atoms with van der Waals surface area (Å²) in [6.45, 7) is 4.06. The fraction of sp³-hybridized carbons (Fsp3) is 0.500. The Labute approximate surface area is 122 Å². The Kier molecular flexibility index (Phi) is 6.87. The Hall–Kier alpha value is -1.07. The number of hydrogen-bond donors (Lipinski definition) is 2. The van der Waals surface area contributed by atoms with Crippen LogP contribution in [0, 0.1) is 0 Å². The number of hydrogen-bond acceptors (Lipinski definition) is 3. The van der Waals surface area contributed by atoms with Crippen LogP contribution in [0.15, 0.2) is 22.7 Å². The highest BCUT2D eigenvalue weighted by Gasteiger charge is 2.10. The Morgan fingerprint density at radius 3 is 2.63 bits per heavy atom. The third kappa shape index (κ3) is 5.20. The second-order valence-corrected chi connectivity index (χ2v) is 5.15. The van der Waals surface area contributed by atoms with E-state index < -0.39 is 0 Å². The second kappa shape index (κ2) is 8.17. The molecule has 0 saturated heterocycles. The molecule has 106 valence electrons. The van der Waals surface area contributed by atoms with Gasteiger partial charge < -0.3 is 15.2 Å². The van der Waals surface area contributed by atoms with Gasteiger partial charge in [-0.3, -0.25) is 4.79 Å². The van der Waals surface area contributed by atoms with Crippen molar-refractivity contribution in [2.45, 2.75) is 39.3 Å². The van der Waals surface area contributed by atoms with E-state index in [1.54, 1.807) is 18.2 Å². The molecule has 5 heteroatoms. The highest BCUT2D eigenvalue weighted by molar-refractivity contribution is 9.10. The third-order valence-corrected chi connectivity index (χ3v) is 3.51. The van der Waals surface area contributed by atoms with Gasteiger partial charge in [0, 0.05) is 6.04 Å². The molecule has 0 aromatic heterocycles. The van der Waals surface area contributed by atoms with E-state index in [1.165, 1.54) is 0 Å². The number of carbonyl (C=O) groups excluding carboxylic acids is 1. The third-order valence-electron chi connectivity index (χ3n) is 2.89. The predicted molar refractivity (Wildman–Crippen MR) is 78.1 cm³/mol. The van der Waals surface area contributed by atoms with Crippen molar-refractivity contribution in [3.8, 4) is 5.75 Å². The first-order valence-corrected chi connectivity index (χ1v) is 7.21. The molecule has 1 amide bonds. The molecule has 0 aliphatic carbocycles. The number of carbonyl (C=O) groups is 1. The van der Waals surface area contributed by atoms with Gasteiger partial charge in [0.2, 0.25) is 0 Å².